The van der Waals surface area contributed by atoms with Crippen molar-refractivity contribution < 1.29 is 0 Å². The number of fused-ring (bicyclic) bond motifs is 3. The first-order valence-corrected chi connectivity index (χ1v) is 9.07. The molecule has 130 valence electrons. The van der Waals surface area contributed by atoms with E-state index in [1.54, 1.807) is 0 Å². The minimum atomic E-state index is 0.987. The van der Waals surface area contributed by atoms with Crippen molar-refractivity contribution >= 4 is 16.7 Å². The number of anilines is 1. The summed E-state index contributed by atoms with van der Waals surface area (Å²) in [5.41, 5.74) is 7.00. The standard InChI is InChI=1S/C21H26N4/c1-15-4-6-19-17(12-15)18-14-22-10-8-20(18)25(19)11-9-16-5-7-21(23-13-16)24(2)3/h4-7,12-13,22H,8-11,14H2,1-3H3. The van der Waals surface area contributed by atoms with Crippen LogP contribution in [0.3, 0.4) is 0 Å². The molecule has 1 N–H and O–H groups in total. The topological polar surface area (TPSA) is 33.1 Å². The molecule has 4 nitrogen and oxygen atoms in total. The lowest BCUT2D eigenvalue weighted by Crippen LogP contribution is -2.24. The van der Waals surface area contributed by atoms with Crippen LogP contribution in [-0.2, 0) is 25.9 Å². The predicted octanol–water partition coefficient (Wildman–Crippen LogP) is 3.30. The van der Waals surface area contributed by atoms with Gasteiger partial charge in [-0.05, 0) is 42.7 Å². The highest BCUT2D eigenvalue weighted by Crippen LogP contribution is 2.29. The smallest absolute Gasteiger partial charge is 0.127 e. The van der Waals surface area contributed by atoms with E-state index in [0.717, 1.165) is 38.3 Å². The number of hydrogen-bond acceptors (Lipinski definition) is 3. The molecule has 4 heteroatoms. The average Bonchev–Trinajstić information content (AvgIpc) is 2.93. The van der Waals surface area contributed by atoms with Crippen LogP contribution in [0, 0.1) is 6.92 Å². The fourth-order valence-electron chi connectivity index (χ4n) is 3.82. The molecular formula is C21H26N4. The number of nitrogens with one attached hydrogen (secondary N) is 1. The van der Waals surface area contributed by atoms with Crippen LogP contribution in [-0.4, -0.2) is 30.2 Å². The molecule has 0 saturated carbocycles. The number of pyridine rings is 1. The monoisotopic (exact) mass is 334 g/mol. The van der Waals surface area contributed by atoms with Crippen LogP contribution in [0.5, 0.6) is 0 Å². The molecule has 0 radical (unpaired) electrons. The molecule has 0 unspecified atom stereocenters. The predicted molar refractivity (Wildman–Crippen MR) is 104 cm³/mol. The van der Waals surface area contributed by atoms with Crippen molar-refractivity contribution in [2.24, 2.45) is 0 Å². The van der Waals surface area contributed by atoms with Crippen molar-refractivity contribution in [3.8, 4) is 0 Å². The third-order valence-corrected chi connectivity index (χ3v) is 5.17. The van der Waals surface area contributed by atoms with Crippen LogP contribution in [0.15, 0.2) is 36.5 Å². The molecule has 2 aromatic heterocycles. The van der Waals surface area contributed by atoms with E-state index in [2.05, 4.69) is 52.1 Å². The molecule has 25 heavy (non-hydrogen) atoms. The summed E-state index contributed by atoms with van der Waals surface area (Å²) >= 11 is 0. The van der Waals surface area contributed by atoms with Gasteiger partial charge in [-0.3, -0.25) is 0 Å². The first-order valence-electron chi connectivity index (χ1n) is 9.07. The third-order valence-electron chi connectivity index (χ3n) is 5.17. The highest BCUT2D eigenvalue weighted by molar-refractivity contribution is 5.86. The van der Waals surface area contributed by atoms with Crippen molar-refractivity contribution in [1.82, 2.24) is 14.9 Å². The Hall–Kier alpha value is -2.33. The summed E-state index contributed by atoms with van der Waals surface area (Å²) in [6.45, 7) is 5.25. The lowest BCUT2D eigenvalue weighted by molar-refractivity contribution is 0.594. The minimum Gasteiger partial charge on any atom is -0.363 e. The van der Waals surface area contributed by atoms with E-state index in [9.17, 15) is 0 Å². The highest BCUT2D eigenvalue weighted by Gasteiger charge is 2.19. The van der Waals surface area contributed by atoms with E-state index in [4.69, 9.17) is 0 Å². The molecule has 0 aliphatic carbocycles. The van der Waals surface area contributed by atoms with Crippen LogP contribution >= 0.6 is 0 Å². The Morgan fingerprint density at radius 1 is 1.20 bits per heavy atom. The van der Waals surface area contributed by atoms with Crippen molar-refractivity contribution in [3.05, 3.63) is 58.9 Å². The molecule has 0 saturated heterocycles. The fourth-order valence-corrected chi connectivity index (χ4v) is 3.82. The molecule has 3 aromatic rings. The average molecular weight is 334 g/mol. The normalized spacial score (nSPS) is 13.9. The van der Waals surface area contributed by atoms with Gasteiger partial charge in [-0.25, -0.2) is 4.98 Å². The first kappa shape index (κ1) is 16.2. The summed E-state index contributed by atoms with van der Waals surface area (Å²) in [5.74, 6) is 1.01. The van der Waals surface area contributed by atoms with E-state index in [0.29, 0.717) is 0 Å². The van der Waals surface area contributed by atoms with Gasteiger partial charge in [-0.15, -0.1) is 0 Å². The molecule has 1 aliphatic rings. The SMILES string of the molecule is Cc1ccc2c(c1)c1c(n2CCc2ccc(N(C)C)nc2)CCNC1. The Bertz CT molecular complexity index is 890. The Morgan fingerprint density at radius 3 is 2.84 bits per heavy atom. The van der Waals surface area contributed by atoms with E-state index in [-0.39, 0.29) is 0 Å². The number of rotatable bonds is 4. The molecule has 0 atom stereocenters. The van der Waals surface area contributed by atoms with Crippen LogP contribution in [0.25, 0.3) is 10.9 Å². The highest BCUT2D eigenvalue weighted by atomic mass is 15.1. The molecule has 1 aromatic carbocycles. The Morgan fingerprint density at radius 2 is 2.08 bits per heavy atom. The van der Waals surface area contributed by atoms with Gasteiger partial charge < -0.3 is 14.8 Å². The van der Waals surface area contributed by atoms with Crippen molar-refractivity contribution in [1.29, 1.82) is 0 Å². The number of nitrogens with zero attached hydrogens (tertiary/aromatic N) is 3. The zero-order valence-electron chi connectivity index (χ0n) is 15.3. The first-order chi connectivity index (χ1) is 12.1. The lowest BCUT2D eigenvalue weighted by atomic mass is 10.0. The molecule has 0 amide bonds. The summed E-state index contributed by atoms with van der Waals surface area (Å²) in [6.07, 6.45) is 4.14. The van der Waals surface area contributed by atoms with Crippen molar-refractivity contribution in [2.45, 2.75) is 32.9 Å². The van der Waals surface area contributed by atoms with Gasteiger partial charge in [0.25, 0.3) is 0 Å². The van der Waals surface area contributed by atoms with E-state index >= 15 is 0 Å². The van der Waals surface area contributed by atoms with Gasteiger partial charge in [0.05, 0.1) is 0 Å². The number of aromatic nitrogens is 2. The molecular weight excluding hydrogens is 308 g/mol. The molecule has 1 aliphatic heterocycles. The molecule has 0 spiro atoms. The second-order valence-electron chi connectivity index (χ2n) is 7.19. The number of benzene rings is 1. The molecule has 0 bridgehead atoms. The Labute approximate surface area is 149 Å². The fraction of sp³-hybridized carbons (Fsp3) is 0.381. The van der Waals surface area contributed by atoms with E-state index in [1.807, 2.05) is 25.2 Å². The maximum Gasteiger partial charge on any atom is 0.127 e. The molecule has 0 fully saturated rings. The van der Waals surface area contributed by atoms with E-state index in [1.165, 1.54) is 33.3 Å². The van der Waals surface area contributed by atoms with Crippen LogP contribution in [0.1, 0.15) is 22.4 Å². The van der Waals surface area contributed by atoms with Gasteiger partial charge in [-0.2, -0.15) is 0 Å². The largest absolute Gasteiger partial charge is 0.363 e. The maximum atomic E-state index is 4.55. The van der Waals surface area contributed by atoms with Crippen LogP contribution in [0.2, 0.25) is 0 Å². The number of aryl methyl sites for hydroxylation is 3. The lowest BCUT2D eigenvalue weighted by Gasteiger charge is -2.17. The van der Waals surface area contributed by atoms with Gasteiger partial charge >= 0.3 is 0 Å². The van der Waals surface area contributed by atoms with Crippen LogP contribution in [0.4, 0.5) is 5.82 Å². The Kier molecular flexibility index (Phi) is 4.22. The third kappa shape index (κ3) is 3.02. The molecule has 3 heterocycles. The van der Waals surface area contributed by atoms with Gasteiger partial charge in [0.15, 0.2) is 0 Å². The van der Waals surface area contributed by atoms with Crippen molar-refractivity contribution in [3.63, 3.8) is 0 Å². The maximum absolute atomic E-state index is 4.55. The van der Waals surface area contributed by atoms with Crippen molar-refractivity contribution in [2.75, 3.05) is 25.5 Å². The second-order valence-corrected chi connectivity index (χ2v) is 7.19. The summed E-state index contributed by atoms with van der Waals surface area (Å²) in [6, 6.07) is 11.2. The summed E-state index contributed by atoms with van der Waals surface area (Å²) < 4.78 is 2.53. The number of hydrogen-bond donors (Lipinski definition) is 1. The van der Waals surface area contributed by atoms with Gasteiger partial charge in [0.2, 0.25) is 0 Å². The second kappa shape index (κ2) is 6.52. The quantitative estimate of drug-likeness (QED) is 0.795. The van der Waals surface area contributed by atoms with Crippen LogP contribution < -0.4 is 10.2 Å². The van der Waals surface area contributed by atoms with Gasteiger partial charge in [-0.1, -0.05) is 17.7 Å². The molecule has 4 rings (SSSR count). The summed E-state index contributed by atoms with van der Waals surface area (Å²) in [5, 5.41) is 4.95. The minimum absolute atomic E-state index is 0.987. The van der Waals surface area contributed by atoms with E-state index < -0.39 is 0 Å². The van der Waals surface area contributed by atoms with Gasteiger partial charge in [0, 0.05) is 62.9 Å². The zero-order valence-corrected chi connectivity index (χ0v) is 15.3. The zero-order chi connectivity index (χ0) is 17.4. The summed E-state index contributed by atoms with van der Waals surface area (Å²) in [7, 11) is 4.05. The van der Waals surface area contributed by atoms with Gasteiger partial charge in [0.1, 0.15) is 5.82 Å². The summed E-state index contributed by atoms with van der Waals surface area (Å²) in [4.78, 5) is 6.58. The Balaban J connectivity index is 1.65.